The van der Waals surface area contributed by atoms with Gasteiger partial charge in [0.1, 0.15) is 6.10 Å². The highest BCUT2D eigenvalue weighted by molar-refractivity contribution is 5.71. The lowest BCUT2D eigenvalue weighted by Crippen LogP contribution is -2.46. The maximum absolute atomic E-state index is 13.4. The second-order valence-electron chi connectivity index (χ2n) is 14.5. The first-order valence-corrected chi connectivity index (χ1v) is 18.3. The second kappa shape index (κ2) is 16.7. The molecule has 0 saturated heterocycles. The molecule has 7 heteroatoms. The first-order chi connectivity index (χ1) is 25.2. The smallest absolute Gasteiger partial charge is 0.407 e. The number of nitrogens with one attached hydrogen (secondary N) is 1. The molecule has 1 unspecified atom stereocenters. The van der Waals surface area contributed by atoms with E-state index in [0.717, 1.165) is 52.9 Å². The van der Waals surface area contributed by atoms with E-state index in [2.05, 4.69) is 79.8 Å². The summed E-state index contributed by atoms with van der Waals surface area (Å²) in [5, 5.41) is 22.2. The molecule has 0 bridgehead atoms. The zero-order valence-corrected chi connectivity index (χ0v) is 30.3. The summed E-state index contributed by atoms with van der Waals surface area (Å²) in [6.07, 6.45) is 16.1. The molecule has 2 fully saturated rings. The van der Waals surface area contributed by atoms with E-state index in [1.807, 2.05) is 85.1 Å². The van der Waals surface area contributed by atoms with E-state index in [4.69, 9.17) is 4.74 Å². The fourth-order valence-electron chi connectivity index (χ4n) is 7.65. The molecule has 2 aromatic heterocycles. The van der Waals surface area contributed by atoms with Crippen LogP contribution in [-0.2, 0) is 4.74 Å². The third-order valence-electron chi connectivity index (χ3n) is 11.3. The molecule has 2 heterocycles. The number of carbonyl (C=O) groups is 1. The standard InChI is InChI=1S/C45H46N5O2/c1-29-13-22-44(41(32(29)4)21-20-39-19-16-37(28-49-39)43-12-8-6-10-35(43)26-47)52-45(51)50-40-23-30(2)31(3)33(24-40)14-17-38-18-15-36(27-48-38)42-11-7-5-9-34(42)25-46/h5-12,14-22,27-33,40-41,44H,13,23-24H2,1-4H3,(H,50,51)/b17-14+,21-20+/t29-,30-,31+,32+,33+,40?,41-,44+/m0/s1. The summed E-state index contributed by atoms with van der Waals surface area (Å²) in [6.45, 7) is 9.01. The number of amides is 1. The molecule has 6 rings (SSSR count). The number of aromatic nitrogens is 2. The van der Waals surface area contributed by atoms with Crippen molar-refractivity contribution in [2.45, 2.75) is 59.1 Å². The Morgan fingerprint density at radius 2 is 1.33 bits per heavy atom. The maximum Gasteiger partial charge on any atom is 0.407 e. The molecule has 1 amide bonds. The van der Waals surface area contributed by atoms with Gasteiger partial charge in [0.2, 0.25) is 0 Å². The van der Waals surface area contributed by atoms with Crippen molar-refractivity contribution in [3.8, 4) is 34.4 Å². The quantitative estimate of drug-likeness (QED) is 0.197. The summed E-state index contributed by atoms with van der Waals surface area (Å²) >= 11 is 0. The van der Waals surface area contributed by atoms with E-state index in [1.54, 1.807) is 6.20 Å². The van der Waals surface area contributed by atoms with Crippen molar-refractivity contribution in [3.05, 3.63) is 126 Å². The van der Waals surface area contributed by atoms with Gasteiger partial charge in [-0.15, -0.1) is 0 Å². The minimum atomic E-state index is -0.371. The monoisotopic (exact) mass is 688 g/mol. The Bertz CT molecular complexity index is 1990. The Morgan fingerprint density at radius 3 is 1.88 bits per heavy atom. The Kier molecular flexibility index (Phi) is 11.6. The predicted molar refractivity (Wildman–Crippen MR) is 206 cm³/mol. The summed E-state index contributed by atoms with van der Waals surface area (Å²) < 4.78 is 6.15. The SMILES string of the molecule is C[C@H]1[C@H](/C=C/c2ccc(-c3ccccc3C#N)cn2)[C@H](OC(=O)NC2C[C@@H](/C=C/c3ccc(-c4ccccc4C#N)cn3)[C@H](C)[C@@H](C)C2)[CH]C[C@@H]1C. The number of benzene rings is 2. The fourth-order valence-corrected chi connectivity index (χ4v) is 7.65. The normalized spacial score (nSPS) is 26.0. The highest BCUT2D eigenvalue weighted by Gasteiger charge is 2.37. The van der Waals surface area contributed by atoms with Crippen LogP contribution in [0.3, 0.4) is 0 Å². The van der Waals surface area contributed by atoms with E-state index >= 15 is 0 Å². The van der Waals surface area contributed by atoms with Crippen molar-refractivity contribution in [3.63, 3.8) is 0 Å². The van der Waals surface area contributed by atoms with E-state index in [-0.39, 0.29) is 30.1 Å². The van der Waals surface area contributed by atoms with Gasteiger partial charge < -0.3 is 10.1 Å². The number of allylic oxidation sites excluding steroid dienone is 1. The largest absolute Gasteiger partial charge is 0.445 e. The summed E-state index contributed by atoms with van der Waals surface area (Å²) in [4.78, 5) is 22.7. The molecular formula is C45H46N5O2. The number of nitriles is 2. The number of ether oxygens (including phenoxy) is 1. The molecule has 263 valence electrons. The topological polar surface area (TPSA) is 112 Å². The van der Waals surface area contributed by atoms with Crippen LogP contribution in [-0.4, -0.2) is 28.2 Å². The van der Waals surface area contributed by atoms with Crippen molar-refractivity contribution in [2.24, 2.45) is 35.5 Å². The minimum absolute atomic E-state index is 0.00831. The number of alkyl carbamates (subject to hydrolysis) is 1. The van der Waals surface area contributed by atoms with E-state index < -0.39 is 0 Å². The zero-order chi connectivity index (χ0) is 36.6. The zero-order valence-electron chi connectivity index (χ0n) is 30.3. The average Bonchev–Trinajstić information content (AvgIpc) is 3.17. The van der Waals surface area contributed by atoms with Gasteiger partial charge >= 0.3 is 6.09 Å². The first kappa shape index (κ1) is 36.3. The van der Waals surface area contributed by atoms with Gasteiger partial charge in [-0.1, -0.05) is 88.4 Å². The van der Waals surface area contributed by atoms with Crippen LogP contribution >= 0.6 is 0 Å². The van der Waals surface area contributed by atoms with Gasteiger partial charge in [0.15, 0.2) is 0 Å². The molecule has 2 aliphatic rings. The number of carbonyl (C=O) groups excluding carboxylic acids is 1. The fraction of sp³-hybridized carbons (Fsp3) is 0.333. The first-order valence-electron chi connectivity index (χ1n) is 18.3. The van der Waals surface area contributed by atoms with Crippen LogP contribution in [0.25, 0.3) is 34.4 Å². The van der Waals surface area contributed by atoms with Crippen molar-refractivity contribution in [1.29, 1.82) is 10.5 Å². The molecule has 8 atom stereocenters. The molecule has 2 aromatic carbocycles. The molecule has 52 heavy (non-hydrogen) atoms. The number of hydrogen-bond donors (Lipinski definition) is 1. The lowest BCUT2D eigenvalue weighted by molar-refractivity contribution is 0.0425. The van der Waals surface area contributed by atoms with Crippen molar-refractivity contribution in [1.82, 2.24) is 15.3 Å². The van der Waals surface area contributed by atoms with Crippen molar-refractivity contribution < 1.29 is 9.53 Å². The Labute approximate surface area is 308 Å². The molecule has 1 N–H and O–H groups in total. The molecule has 1 radical (unpaired) electrons. The summed E-state index contributed by atoms with van der Waals surface area (Å²) in [7, 11) is 0. The third-order valence-corrected chi connectivity index (χ3v) is 11.3. The number of nitrogens with zero attached hydrogens (tertiary/aromatic N) is 4. The van der Waals surface area contributed by atoms with E-state index in [9.17, 15) is 15.3 Å². The van der Waals surface area contributed by atoms with E-state index in [0.29, 0.717) is 34.8 Å². The van der Waals surface area contributed by atoms with E-state index in [1.165, 1.54) is 0 Å². The van der Waals surface area contributed by atoms with Gasteiger partial charge in [0.25, 0.3) is 0 Å². The van der Waals surface area contributed by atoms with Gasteiger partial charge in [0, 0.05) is 53.0 Å². The highest BCUT2D eigenvalue weighted by atomic mass is 16.6. The third kappa shape index (κ3) is 8.49. The van der Waals surface area contributed by atoms with Crippen LogP contribution in [0.15, 0.2) is 97.3 Å². The lowest BCUT2D eigenvalue weighted by atomic mass is 9.71. The Balaban J connectivity index is 1.08. The van der Waals surface area contributed by atoms with Gasteiger partial charge in [-0.2, -0.15) is 10.5 Å². The van der Waals surface area contributed by atoms with Gasteiger partial charge in [-0.3, -0.25) is 9.97 Å². The van der Waals surface area contributed by atoms with Crippen LogP contribution in [0.4, 0.5) is 4.79 Å². The van der Waals surface area contributed by atoms with Crippen LogP contribution in [0.2, 0.25) is 0 Å². The van der Waals surface area contributed by atoms with Crippen LogP contribution < -0.4 is 5.32 Å². The van der Waals surface area contributed by atoms with Crippen molar-refractivity contribution in [2.75, 3.05) is 0 Å². The van der Waals surface area contributed by atoms with Gasteiger partial charge in [0.05, 0.1) is 34.7 Å². The molecule has 2 saturated carbocycles. The second-order valence-corrected chi connectivity index (χ2v) is 14.5. The van der Waals surface area contributed by atoms with Crippen LogP contribution in [0, 0.1) is 64.6 Å². The molecule has 7 nitrogen and oxygen atoms in total. The number of pyridine rings is 2. The van der Waals surface area contributed by atoms with Crippen LogP contribution in [0.1, 0.15) is 69.5 Å². The number of hydrogen-bond acceptors (Lipinski definition) is 6. The average molecular weight is 689 g/mol. The molecular weight excluding hydrogens is 643 g/mol. The van der Waals surface area contributed by atoms with Crippen molar-refractivity contribution >= 4 is 18.2 Å². The Morgan fingerprint density at radius 1 is 0.750 bits per heavy atom. The molecule has 4 aromatic rings. The van der Waals surface area contributed by atoms with Gasteiger partial charge in [-0.25, -0.2) is 4.79 Å². The molecule has 0 aliphatic heterocycles. The summed E-state index contributed by atoms with van der Waals surface area (Å²) in [6, 6.07) is 27.5. The van der Waals surface area contributed by atoms with Crippen LogP contribution in [0.5, 0.6) is 0 Å². The summed E-state index contributed by atoms with van der Waals surface area (Å²) in [5.41, 5.74) is 6.48. The number of rotatable bonds is 8. The molecule has 2 aliphatic carbocycles. The predicted octanol–water partition coefficient (Wildman–Crippen LogP) is 9.92. The highest BCUT2D eigenvalue weighted by Crippen LogP contribution is 2.38. The lowest BCUT2D eigenvalue weighted by Gasteiger charge is -2.40. The summed E-state index contributed by atoms with van der Waals surface area (Å²) in [5.74, 6) is 1.96. The van der Waals surface area contributed by atoms with Gasteiger partial charge in [-0.05, 0) is 85.3 Å². The Hall–Kier alpha value is -5.53. The minimum Gasteiger partial charge on any atom is -0.445 e. The molecule has 0 spiro atoms. The maximum atomic E-state index is 13.4.